The number of aryl methyl sites for hydroxylation is 1. The SMILES string of the molecule is Cn1nc(N2CC(n3cc(Br)cn3)C2)ccc1=O. The molecule has 0 aromatic carbocycles. The van der Waals surface area contributed by atoms with Gasteiger partial charge in [-0.2, -0.15) is 10.2 Å². The highest BCUT2D eigenvalue weighted by Gasteiger charge is 2.29. The van der Waals surface area contributed by atoms with Crippen LogP contribution in [-0.2, 0) is 7.05 Å². The molecule has 0 atom stereocenters. The molecule has 3 rings (SSSR count). The zero-order chi connectivity index (χ0) is 12.7. The smallest absolute Gasteiger partial charge is 0.266 e. The van der Waals surface area contributed by atoms with Crippen LogP contribution in [0, 0.1) is 0 Å². The lowest BCUT2D eigenvalue weighted by atomic mass is 10.1. The molecule has 0 aliphatic carbocycles. The van der Waals surface area contributed by atoms with Gasteiger partial charge in [0, 0.05) is 32.4 Å². The first-order valence-electron chi connectivity index (χ1n) is 5.62. The second-order valence-electron chi connectivity index (χ2n) is 4.35. The van der Waals surface area contributed by atoms with E-state index < -0.39 is 0 Å². The van der Waals surface area contributed by atoms with Crippen LogP contribution in [0.15, 0.2) is 33.8 Å². The maximum absolute atomic E-state index is 11.3. The van der Waals surface area contributed by atoms with E-state index in [0.717, 1.165) is 23.4 Å². The molecule has 0 spiro atoms. The summed E-state index contributed by atoms with van der Waals surface area (Å²) in [7, 11) is 1.66. The molecule has 0 bridgehead atoms. The second kappa shape index (κ2) is 4.24. The largest absolute Gasteiger partial charge is 0.351 e. The summed E-state index contributed by atoms with van der Waals surface area (Å²) >= 11 is 3.38. The lowest BCUT2D eigenvalue weighted by Crippen LogP contribution is -2.48. The highest BCUT2D eigenvalue weighted by molar-refractivity contribution is 9.10. The monoisotopic (exact) mass is 309 g/mol. The minimum absolute atomic E-state index is 0.0909. The maximum atomic E-state index is 11.3. The molecule has 18 heavy (non-hydrogen) atoms. The van der Waals surface area contributed by atoms with Crippen LogP contribution in [0.5, 0.6) is 0 Å². The van der Waals surface area contributed by atoms with E-state index in [1.807, 2.05) is 10.9 Å². The van der Waals surface area contributed by atoms with E-state index in [0.29, 0.717) is 6.04 Å². The van der Waals surface area contributed by atoms with Gasteiger partial charge in [-0.3, -0.25) is 9.48 Å². The Balaban J connectivity index is 1.71. The molecule has 0 unspecified atom stereocenters. The van der Waals surface area contributed by atoms with Crippen molar-refractivity contribution in [1.82, 2.24) is 19.6 Å². The van der Waals surface area contributed by atoms with E-state index >= 15 is 0 Å². The number of rotatable bonds is 2. The number of halogens is 1. The fourth-order valence-electron chi connectivity index (χ4n) is 1.98. The summed E-state index contributed by atoms with van der Waals surface area (Å²) in [5.41, 5.74) is -0.0909. The quantitative estimate of drug-likeness (QED) is 0.823. The number of hydrogen-bond acceptors (Lipinski definition) is 4. The topological polar surface area (TPSA) is 56.0 Å². The van der Waals surface area contributed by atoms with Crippen LogP contribution in [-0.4, -0.2) is 32.7 Å². The summed E-state index contributed by atoms with van der Waals surface area (Å²) in [6.07, 6.45) is 3.75. The van der Waals surface area contributed by atoms with Gasteiger partial charge < -0.3 is 4.90 Å². The van der Waals surface area contributed by atoms with E-state index in [1.165, 1.54) is 4.68 Å². The van der Waals surface area contributed by atoms with Crippen molar-refractivity contribution in [2.45, 2.75) is 6.04 Å². The zero-order valence-corrected chi connectivity index (χ0v) is 11.4. The standard InChI is InChI=1S/C11H12BrN5O/c1-15-11(18)3-2-10(14-15)16-6-9(7-16)17-5-8(12)4-13-17/h2-5,9H,6-7H2,1H3. The maximum Gasteiger partial charge on any atom is 0.266 e. The predicted octanol–water partition coefficient (Wildman–Crippen LogP) is 0.801. The number of nitrogens with zero attached hydrogens (tertiary/aromatic N) is 5. The number of hydrogen-bond donors (Lipinski definition) is 0. The van der Waals surface area contributed by atoms with Crippen LogP contribution < -0.4 is 10.5 Å². The van der Waals surface area contributed by atoms with Gasteiger partial charge in [-0.05, 0) is 22.0 Å². The van der Waals surface area contributed by atoms with Crippen LogP contribution in [0.1, 0.15) is 6.04 Å². The highest BCUT2D eigenvalue weighted by atomic mass is 79.9. The number of aromatic nitrogens is 4. The summed E-state index contributed by atoms with van der Waals surface area (Å²) in [6, 6.07) is 3.67. The zero-order valence-electron chi connectivity index (χ0n) is 9.82. The van der Waals surface area contributed by atoms with Gasteiger partial charge in [0.25, 0.3) is 5.56 Å². The molecule has 1 fully saturated rings. The van der Waals surface area contributed by atoms with Gasteiger partial charge in [-0.25, -0.2) is 4.68 Å². The van der Waals surface area contributed by atoms with Crippen molar-refractivity contribution < 1.29 is 0 Å². The average molecular weight is 310 g/mol. The van der Waals surface area contributed by atoms with Gasteiger partial charge in [-0.15, -0.1) is 0 Å². The van der Waals surface area contributed by atoms with Gasteiger partial charge in [-0.1, -0.05) is 0 Å². The Hall–Kier alpha value is -1.63. The molecule has 0 radical (unpaired) electrons. The fraction of sp³-hybridized carbons (Fsp3) is 0.364. The van der Waals surface area contributed by atoms with E-state index in [-0.39, 0.29) is 5.56 Å². The minimum atomic E-state index is -0.0909. The third kappa shape index (κ3) is 1.94. The molecule has 6 nitrogen and oxygen atoms in total. The lowest BCUT2D eigenvalue weighted by Gasteiger charge is -2.39. The fourth-order valence-corrected chi connectivity index (χ4v) is 2.28. The van der Waals surface area contributed by atoms with Crippen molar-refractivity contribution in [3.05, 3.63) is 39.4 Å². The Morgan fingerprint density at radius 3 is 2.78 bits per heavy atom. The van der Waals surface area contributed by atoms with Crippen molar-refractivity contribution in [2.24, 2.45) is 7.05 Å². The minimum Gasteiger partial charge on any atom is -0.351 e. The summed E-state index contributed by atoms with van der Waals surface area (Å²) in [5, 5.41) is 8.48. The molecule has 3 heterocycles. The van der Waals surface area contributed by atoms with Crippen molar-refractivity contribution in [2.75, 3.05) is 18.0 Å². The van der Waals surface area contributed by atoms with Crippen molar-refractivity contribution in [3.63, 3.8) is 0 Å². The molecule has 0 N–H and O–H groups in total. The summed E-state index contributed by atoms with van der Waals surface area (Å²) in [4.78, 5) is 13.4. The van der Waals surface area contributed by atoms with E-state index in [2.05, 4.69) is 31.0 Å². The Labute approximate surface area is 112 Å². The second-order valence-corrected chi connectivity index (χ2v) is 5.27. The molecular weight excluding hydrogens is 298 g/mol. The Kier molecular flexibility index (Phi) is 2.70. The molecule has 1 aliphatic rings. The summed E-state index contributed by atoms with van der Waals surface area (Å²) < 4.78 is 4.29. The van der Waals surface area contributed by atoms with Crippen LogP contribution in [0.4, 0.5) is 5.82 Å². The van der Waals surface area contributed by atoms with E-state index in [9.17, 15) is 4.79 Å². The average Bonchev–Trinajstić information content (AvgIpc) is 2.68. The Morgan fingerprint density at radius 1 is 1.39 bits per heavy atom. The van der Waals surface area contributed by atoms with Crippen molar-refractivity contribution >= 4 is 21.7 Å². The summed E-state index contributed by atoms with van der Waals surface area (Å²) in [5.74, 6) is 0.833. The molecule has 2 aromatic rings. The van der Waals surface area contributed by atoms with Gasteiger partial charge in [0.2, 0.25) is 0 Å². The lowest BCUT2D eigenvalue weighted by molar-refractivity contribution is 0.363. The molecule has 0 amide bonds. The molecule has 1 aliphatic heterocycles. The first kappa shape index (κ1) is 11.5. The van der Waals surface area contributed by atoms with Crippen LogP contribution in [0.25, 0.3) is 0 Å². The molecular formula is C11H12BrN5O. The van der Waals surface area contributed by atoms with Crippen LogP contribution >= 0.6 is 15.9 Å². The first-order chi connectivity index (χ1) is 8.63. The normalized spacial score (nSPS) is 15.8. The molecule has 0 saturated carbocycles. The Morgan fingerprint density at radius 2 is 2.17 bits per heavy atom. The highest BCUT2D eigenvalue weighted by Crippen LogP contribution is 2.25. The van der Waals surface area contributed by atoms with Crippen molar-refractivity contribution in [1.29, 1.82) is 0 Å². The van der Waals surface area contributed by atoms with Crippen LogP contribution in [0.3, 0.4) is 0 Å². The number of anilines is 1. The first-order valence-corrected chi connectivity index (χ1v) is 6.42. The third-order valence-electron chi connectivity index (χ3n) is 3.08. The molecule has 7 heteroatoms. The third-order valence-corrected chi connectivity index (χ3v) is 3.49. The van der Waals surface area contributed by atoms with E-state index in [4.69, 9.17) is 0 Å². The van der Waals surface area contributed by atoms with Gasteiger partial charge >= 0.3 is 0 Å². The Bertz CT molecular complexity index is 628. The van der Waals surface area contributed by atoms with E-state index in [1.54, 1.807) is 25.4 Å². The summed E-state index contributed by atoms with van der Waals surface area (Å²) in [6.45, 7) is 1.72. The van der Waals surface area contributed by atoms with Crippen molar-refractivity contribution in [3.8, 4) is 0 Å². The van der Waals surface area contributed by atoms with Gasteiger partial charge in [0.1, 0.15) is 5.82 Å². The predicted molar refractivity (Wildman–Crippen MR) is 70.7 cm³/mol. The van der Waals surface area contributed by atoms with Gasteiger partial charge in [0.15, 0.2) is 0 Å². The van der Waals surface area contributed by atoms with Crippen LogP contribution in [0.2, 0.25) is 0 Å². The van der Waals surface area contributed by atoms with Gasteiger partial charge in [0.05, 0.1) is 16.7 Å². The molecule has 94 valence electrons. The molecule has 2 aromatic heterocycles. The molecule has 1 saturated heterocycles.